The molecule has 140 valence electrons. The first-order valence-corrected chi connectivity index (χ1v) is 9.70. The van der Waals surface area contributed by atoms with Gasteiger partial charge in [0.2, 0.25) is 5.91 Å². The monoisotopic (exact) mass is 383 g/mol. The lowest BCUT2D eigenvalue weighted by Gasteiger charge is -2.08. The zero-order valence-electron chi connectivity index (χ0n) is 15.1. The Hall–Kier alpha value is -2.85. The van der Waals surface area contributed by atoms with Gasteiger partial charge >= 0.3 is 5.97 Å². The number of hydrogen-bond acceptors (Lipinski definition) is 6. The second kappa shape index (κ2) is 8.69. The van der Waals surface area contributed by atoms with E-state index in [0.29, 0.717) is 16.1 Å². The number of carbonyl (C=O) groups excluding carboxylic acids is 2. The van der Waals surface area contributed by atoms with Gasteiger partial charge in [-0.1, -0.05) is 6.42 Å². The summed E-state index contributed by atoms with van der Waals surface area (Å²) in [5, 5.41) is 16.1. The number of aryl methyl sites for hydroxylation is 1. The molecule has 1 aliphatic carbocycles. The number of amides is 1. The fourth-order valence-electron chi connectivity index (χ4n) is 3.14. The number of carbonyl (C=O) groups is 2. The van der Waals surface area contributed by atoms with Crippen LogP contribution in [-0.4, -0.2) is 25.5 Å². The van der Waals surface area contributed by atoms with Gasteiger partial charge in [-0.2, -0.15) is 5.26 Å². The molecule has 1 amide bonds. The molecule has 2 aromatic rings. The molecule has 0 aliphatic heterocycles. The predicted octanol–water partition coefficient (Wildman–Crippen LogP) is 3.73. The van der Waals surface area contributed by atoms with Gasteiger partial charge in [0, 0.05) is 10.6 Å². The van der Waals surface area contributed by atoms with E-state index < -0.39 is 5.97 Å². The Balaban J connectivity index is 1.61. The van der Waals surface area contributed by atoms with Crippen LogP contribution in [0, 0.1) is 11.3 Å². The standard InChI is InChI=1S/C20H21N3O3S/c1-26-20(25)13-7-9-14(10-8-13)22-12-18(24)23-19-16(11-21)15-5-3-2-4-6-17(15)27-19/h7-10,22H,2-6,12H2,1H3,(H,23,24). The summed E-state index contributed by atoms with van der Waals surface area (Å²) in [6.07, 6.45) is 5.31. The number of hydrogen-bond donors (Lipinski definition) is 2. The lowest BCUT2D eigenvalue weighted by atomic mass is 10.1. The van der Waals surface area contributed by atoms with Crippen LogP contribution in [0.4, 0.5) is 10.7 Å². The molecule has 7 heteroatoms. The van der Waals surface area contributed by atoms with Crippen LogP contribution < -0.4 is 10.6 Å². The minimum absolute atomic E-state index is 0.0744. The summed E-state index contributed by atoms with van der Waals surface area (Å²) >= 11 is 1.52. The minimum atomic E-state index is -0.402. The molecule has 0 saturated heterocycles. The number of nitriles is 1. The van der Waals surface area contributed by atoms with Crippen LogP contribution in [0.3, 0.4) is 0 Å². The number of anilines is 2. The van der Waals surface area contributed by atoms with Gasteiger partial charge < -0.3 is 15.4 Å². The average molecular weight is 383 g/mol. The van der Waals surface area contributed by atoms with E-state index in [1.165, 1.54) is 29.7 Å². The SMILES string of the molecule is COC(=O)c1ccc(NCC(=O)Nc2sc3c(c2C#N)CCCCC3)cc1. The molecule has 0 spiro atoms. The third-order valence-electron chi connectivity index (χ3n) is 4.55. The number of nitrogens with one attached hydrogen (secondary N) is 2. The highest BCUT2D eigenvalue weighted by Crippen LogP contribution is 2.36. The molecule has 3 rings (SSSR count). The molecule has 0 atom stereocenters. The van der Waals surface area contributed by atoms with Crippen LogP contribution >= 0.6 is 11.3 Å². The molecule has 0 bridgehead atoms. The Morgan fingerprint density at radius 1 is 1.19 bits per heavy atom. The summed E-state index contributed by atoms with van der Waals surface area (Å²) in [5.41, 5.74) is 2.90. The Morgan fingerprint density at radius 2 is 1.93 bits per heavy atom. The van der Waals surface area contributed by atoms with Crippen molar-refractivity contribution in [1.29, 1.82) is 5.26 Å². The Kier molecular flexibility index (Phi) is 6.09. The molecule has 1 aromatic heterocycles. The van der Waals surface area contributed by atoms with Crippen molar-refractivity contribution in [3.63, 3.8) is 0 Å². The van der Waals surface area contributed by atoms with E-state index in [1.807, 2.05) is 0 Å². The van der Waals surface area contributed by atoms with E-state index in [9.17, 15) is 14.9 Å². The third-order valence-corrected chi connectivity index (χ3v) is 5.75. The summed E-state index contributed by atoms with van der Waals surface area (Å²) < 4.78 is 4.66. The van der Waals surface area contributed by atoms with Gasteiger partial charge in [0.05, 0.1) is 24.8 Å². The molecule has 0 fully saturated rings. The lowest BCUT2D eigenvalue weighted by Crippen LogP contribution is -2.21. The molecule has 0 radical (unpaired) electrons. The molecule has 1 aromatic carbocycles. The van der Waals surface area contributed by atoms with Gasteiger partial charge in [-0.15, -0.1) is 11.3 Å². The van der Waals surface area contributed by atoms with Crippen molar-refractivity contribution in [3.05, 3.63) is 45.8 Å². The van der Waals surface area contributed by atoms with E-state index >= 15 is 0 Å². The largest absolute Gasteiger partial charge is 0.465 e. The topological polar surface area (TPSA) is 91.2 Å². The smallest absolute Gasteiger partial charge is 0.337 e. The summed E-state index contributed by atoms with van der Waals surface area (Å²) in [7, 11) is 1.33. The summed E-state index contributed by atoms with van der Waals surface area (Å²) in [6, 6.07) is 8.97. The average Bonchev–Trinajstić information content (AvgIpc) is 2.85. The highest BCUT2D eigenvalue weighted by molar-refractivity contribution is 7.16. The molecule has 0 saturated carbocycles. The van der Waals surface area contributed by atoms with Crippen molar-refractivity contribution in [1.82, 2.24) is 0 Å². The van der Waals surface area contributed by atoms with E-state index in [0.717, 1.165) is 36.9 Å². The van der Waals surface area contributed by atoms with Crippen LogP contribution in [0.1, 0.15) is 45.6 Å². The van der Waals surface area contributed by atoms with Crippen molar-refractivity contribution in [2.45, 2.75) is 32.1 Å². The van der Waals surface area contributed by atoms with Crippen LogP contribution in [0.2, 0.25) is 0 Å². The molecule has 6 nitrogen and oxygen atoms in total. The van der Waals surface area contributed by atoms with Crippen molar-refractivity contribution in [2.75, 3.05) is 24.3 Å². The zero-order valence-corrected chi connectivity index (χ0v) is 15.9. The second-order valence-corrected chi connectivity index (χ2v) is 7.46. The summed E-state index contributed by atoms with van der Waals surface area (Å²) in [4.78, 5) is 25.0. The number of benzene rings is 1. The van der Waals surface area contributed by atoms with Gasteiger partial charge in [-0.05, 0) is 55.5 Å². The van der Waals surface area contributed by atoms with Crippen molar-refractivity contribution >= 4 is 33.9 Å². The maximum Gasteiger partial charge on any atom is 0.337 e. The minimum Gasteiger partial charge on any atom is -0.465 e. The fraction of sp³-hybridized carbons (Fsp3) is 0.350. The highest BCUT2D eigenvalue weighted by atomic mass is 32.1. The van der Waals surface area contributed by atoms with Gasteiger partial charge in [0.25, 0.3) is 0 Å². The molecule has 1 heterocycles. The van der Waals surface area contributed by atoms with Crippen molar-refractivity contribution in [2.24, 2.45) is 0 Å². The van der Waals surface area contributed by atoms with E-state index in [2.05, 4.69) is 21.4 Å². The molecule has 0 unspecified atom stereocenters. The van der Waals surface area contributed by atoms with Gasteiger partial charge in [0.15, 0.2) is 0 Å². The predicted molar refractivity (Wildman–Crippen MR) is 105 cm³/mol. The quantitative estimate of drug-likeness (QED) is 0.606. The van der Waals surface area contributed by atoms with E-state index in [-0.39, 0.29) is 12.5 Å². The first kappa shape index (κ1) is 18.9. The summed E-state index contributed by atoms with van der Waals surface area (Å²) in [6.45, 7) is 0.0744. The number of ether oxygens (including phenoxy) is 1. The number of thiophene rings is 1. The summed E-state index contributed by atoms with van der Waals surface area (Å²) in [5.74, 6) is -0.610. The Labute approximate surface area is 162 Å². The first-order valence-electron chi connectivity index (χ1n) is 8.89. The number of methoxy groups -OCH3 is 1. The molecular formula is C20H21N3O3S. The Morgan fingerprint density at radius 3 is 2.63 bits per heavy atom. The van der Waals surface area contributed by atoms with Gasteiger partial charge in [-0.3, -0.25) is 4.79 Å². The Bertz CT molecular complexity index is 881. The maximum atomic E-state index is 12.3. The van der Waals surface area contributed by atoms with Crippen molar-refractivity contribution < 1.29 is 14.3 Å². The maximum absolute atomic E-state index is 12.3. The number of esters is 1. The fourth-order valence-corrected chi connectivity index (χ4v) is 4.40. The van der Waals surface area contributed by atoms with Gasteiger partial charge in [-0.25, -0.2) is 4.79 Å². The van der Waals surface area contributed by atoms with Crippen LogP contribution in [0.25, 0.3) is 0 Å². The number of nitrogens with zero attached hydrogens (tertiary/aromatic N) is 1. The van der Waals surface area contributed by atoms with Crippen LogP contribution in [-0.2, 0) is 22.4 Å². The van der Waals surface area contributed by atoms with Crippen LogP contribution in [0.5, 0.6) is 0 Å². The second-order valence-electron chi connectivity index (χ2n) is 6.35. The highest BCUT2D eigenvalue weighted by Gasteiger charge is 2.20. The molecule has 1 aliphatic rings. The van der Waals surface area contributed by atoms with Crippen molar-refractivity contribution in [3.8, 4) is 6.07 Å². The third kappa shape index (κ3) is 4.47. The van der Waals surface area contributed by atoms with Gasteiger partial charge in [0.1, 0.15) is 11.1 Å². The number of rotatable bonds is 5. The lowest BCUT2D eigenvalue weighted by molar-refractivity contribution is -0.114. The number of fused-ring (bicyclic) bond motifs is 1. The normalized spacial score (nSPS) is 13.0. The zero-order chi connectivity index (χ0) is 19.2. The molecule has 27 heavy (non-hydrogen) atoms. The first-order chi connectivity index (χ1) is 13.1. The van der Waals surface area contributed by atoms with E-state index in [1.54, 1.807) is 24.3 Å². The van der Waals surface area contributed by atoms with Crippen LogP contribution in [0.15, 0.2) is 24.3 Å². The molecule has 2 N–H and O–H groups in total. The molecular weight excluding hydrogens is 362 g/mol. The van der Waals surface area contributed by atoms with E-state index in [4.69, 9.17) is 0 Å².